The second-order valence-corrected chi connectivity index (χ2v) is 5.09. The maximum Gasteiger partial charge on any atom is 0.302 e. The van der Waals surface area contributed by atoms with Crippen molar-refractivity contribution in [3.05, 3.63) is 54.6 Å². The van der Waals surface area contributed by atoms with Crippen LogP contribution in [0.15, 0.2) is 49.1 Å². The van der Waals surface area contributed by atoms with E-state index in [0.29, 0.717) is 6.61 Å². The van der Waals surface area contributed by atoms with Gasteiger partial charge in [-0.3, -0.25) is 4.79 Å². The molecule has 0 amide bonds. The molecule has 1 heterocycles. The molecule has 2 rings (SSSR count). The molecule has 0 aliphatic carbocycles. The van der Waals surface area contributed by atoms with Gasteiger partial charge in [-0.2, -0.15) is 0 Å². The van der Waals surface area contributed by atoms with Crippen LogP contribution in [-0.2, 0) is 16.1 Å². The van der Waals surface area contributed by atoms with Crippen molar-refractivity contribution in [3.8, 4) is 0 Å². The number of benzene rings is 1. The Hall–Kier alpha value is -2.14. The maximum absolute atomic E-state index is 10.9. The highest BCUT2D eigenvalue weighted by molar-refractivity contribution is 5.65. The molecule has 0 fully saturated rings. The average Bonchev–Trinajstić information content (AvgIpc) is 2.98. The normalized spacial score (nSPS) is 13.6. The number of nitrogens with zero attached hydrogens (tertiary/aromatic N) is 2. The Morgan fingerprint density at radius 2 is 2.14 bits per heavy atom. The van der Waals surface area contributed by atoms with Crippen LogP contribution in [0.2, 0.25) is 0 Å². The first-order valence-corrected chi connectivity index (χ1v) is 7.05. The number of carbonyl (C=O) groups is 1. The summed E-state index contributed by atoms with van der Waals surface area (Å²) in [5.41, 5.74) is 1.20. The van der Waals surface area contributed by atoms with Crippen LogP contribution in [0.25, 0.3) is 0 Å². The first kappa shape index (κ1) is 15.3. The molecular weight excluding hydrogens is 266 g/mol. The van der Waals surface area contributed by atoms with Crippen molar-refractivity contribution in [2.75, 3.05) is 6.61 Å². The van der Waals surface area contributed by atoms with Crippen molar-refractivity contribution >= 4 is 5.97 Å². The second kappa shape index (κ2) is 7.59. The van der Waals surface area contributed by atoms with Gasteiger partial charge in [-0.05, 0) is 12.5 Å². The smallest absolute Gasteiger partial charge is 0.302 e. The molecule has 0 spiro atoms. The molecule has 2 atom stereocenters. The largest absolute Gasteiger partial charge is 0.464 e. The first-order valence-electron chi connectivity index (χ1n) is 7.05. The summed E-state index contributed by atoms with van der Waals surface area (Å²) < 4.78 is 7.09. The van der Waals surface area contributed by atoms with Crippen LogP contribution < -0.4 is 5.32 Å². The molecular formula is C16H21N3O2. The van der Waals surface area contributed by atoms with Gasteiger partial charge in [-0.15, -0.1) is 0 Å². The minimum absolute atomic E-state index is 0.0719. The van der Waals surface area contributed by atoms with E-state index in [1.54, 1.807) is 12.5 Å². The van der Waals surface area contributed by atoms with Crippen LogP contribution in [-0.4, -0.2) is 28.2 Å². The minimum Gasteiger partial charge on any atom is -0.464 e. The van der Waals surface area contributed by atoms with E-state index in [2.05, 4.69) is 22.4 Å². The summed E-state index contributed by atoms with van der Waals surface area (Å²) in [6.45, 7) is 4.57. The molecule has 2 unspecified atom stereocenters. The number of carbonyl (C=O) groups excluding carboxylic acids is 1. The highest BCUT2D eigenvalue weighted by Gasteiger charge is 2.15. The van der Waals surface area contributed by atoms with E-state index in [-0.39, 0.29) is 18.1 Å². The Labute approximate surface area is 125 Å². The molecule has 0 aliphatic rings. The summed E-state index contributed by atoms with van der Waals surface area (Å²) >= 11 is 0. The Kier molecular flexibility index (Phi) is 5.51. The van der Waals surface area contributed by atoms with Crippen molar-refractivity contribution < 1.29 is 9.53 Å². The van der Waals surface area contributed by atoms with Gasteiger partial charge in [0.2, 0.25) is 0 Å². The summed E-state index contributed by atoms with van der Waals surface area (Å²) in [5.74, 6) is -0.255. The lowest BCUT2D eigenvalue weighted by molar-refractivity contribution is -0.141. The van der Waals surface area contributed by atoms with Gasteiger partial charge in [0.15, 0.2) is 0 Å². The molecule has 21 heavy (non-hydrogen) atoms. The van der Waals surface area contributed by atoms with E-state index in [9.17, 15) is 4.79 Å². The molecule has 0 saturated carbocycles. The summed E-state index contributed by atoms with van der Waals surface area (Å²) in [6.07, 6.45) is 5.51. The third kappa shape index (κ3) is 5.04. The molecule has 0 saturated heterocycles. The van der Waals surface area contributed by atoms with Crippen molar-refractivity contribution in [1.29, 1.82) is 0 Å². The van der Waals surface area contributed by atoms with Gasteiger partial charge in [-0.25, -0.2) is 4.98 Å². The second-order valence-electron chi connectivity index (χ2n) is 5.09. The molecule has 1 N–H and O–H groups in total. The van der Waals surface area contributed by atoms with Gasteiger partial charge in [0, 0.05) is 31.9 Å². The van der Waals surface area contributed by atoms with Crippen LogP contribution in [0.1, 0.15) is 25.5 Å². The van der Waals surface area contributed by atoms with E-state index in [0.717, 1.165) is 6.54 Å². The molecule has 1 aromatic carbocycles. The lowest BCUT2D eigenvalue weighted by Crippen LogP contribution is -2.36. The number of rotatable bonds is 7. The molecule has 0 aliphatic heterocycles. The van der Waals surface area contributed by atoms with Crippen LogP contribution in [0, 0.1) is 0 Å². The molecule has 0 radical (unpaired) electrons. The lowest BCUT2D eigenvalue weighted by Gasteiger charge is -2.24. The third-order valence-electron chi connectivity index (χ3n) is 3.18. The van der Waals surface area contributed by atoms with Crippen LogP contribution >= 0.6 is 0 Å². The summed E-state index contributed by atoms with van der Waals surface area (Å²) in [4.78, 5) is 15.0. The quantitative estimate of drug-likeness (QED) is 0.793. The topological polar surface area (TPSA) is 56.1 Å². The number of esters is 1. The fourth-order valence-electron chi connectivity index (χ4n) is 2.18. The van der Waals surface area contributed by atoms with Gasteiger partial charge in [-0.1, -0.05) is 30.3 Å². The zero-order valence-corrected chi connectivity index (χ0v) is 12.4. The monoisotopic (exact) mass is 287 g/mol. The molecule has 5 heteroatoms. The van der Waals surface area contributed by atoms with E-state index >= 15 is 0 Å². The highest BCUT2D eigenvalue weighted by atomic mass is 16.5. The zero-order valence-electron chi connectivity index (χ0n) is 12.4. The van der Waals surface area contributed by atoms with Gasteiger partial charge in [0.05, 0.1) is 12.4 Å². The Bertz CT molecular complexity index is 540. The van der Waals surface area contributed by atoms with E-state index in [1.807, 2.05) is 35.9 Å². The SMILES string of the molecule is CC(=O)OCC(C)NC(Cn1ccnc1)c1ccccc1. The number of ether oxygens (including phenoxy) is 1. The average molecular weight is 287 g/mol. The highest BCUT2D eigenvalue weighted by Crippen LogP contribution is 2.15. The van der Waals surface area contributed by atoms with Gasteiger partial charge >= 0.3 is 5.97 Å². The Morgan fingerprint density at radius 1 is 1.38 bits per heavy atom. The van der Waals surface area contributed by atoms with Crippen molar-refractivity contribution in [2.24, 2.45) is 0 Å². The van der Waals surface area contributed by atoms with Crippen molar-refractivity contribution in [2.45, 2.75) is 32.5 Å². The number of nitrogens with one attached hydrogen (secondary N) is 1. The Balaban J connectivity index is 2.03. The molecule has 2 aromatic rings. The maximum atomic E-state index is 10.9. The summed E-state index contributed by atoms with van der Waals surface area (Å²) in [7, 11) is 0. The van der Waals surface area contributed by atoms with Crippen LogP contribution in [0.4, 0.5) is 0 Å². The van der Waals surface area contributed by atoms with Gasteiger partial charge in [0.1, 0.15) is 6.61 Å². The number of imidazole rings is 1. The van der Waals surface area contributed by atoms with Crippen molar-refractivity contribution in [3.63, 3.8) is 0 Å². The predicted molar refractivity (Wildman–Crippen MR) is 80.6 cm³/mol. The lowest BCUT2D eigenvalue weighted by atomic mass is 10.1. The third-order valence-corrected chi connectivity index (χ3v) is 3.18. The van der Waals surface area contributed by atoms with Crippen LogP contribution in [0.5, 0.6) is 0 Å². The summed E-state index contributed by atoms with van der Waals surface area (Å²) in [5, 5.41) is 3.50. The number of hydrogen-bond acceptors (Lipinski definition) is 4. The first-order chi connectivity index (χ1) is 10.1. The van der Waals surface area contributed by atoms with Crippen molar-refractivity contribution in [1.82, 2.24) is 14.9 Å². The molecule has 5 nitrogen and oxygen atoms in total. The standard InChI is InChI=1S/C16H21N3O2/c1-13(11-21-14(2)20)18-16(10-19-9-8-17-12-19)15-6-4-3-5-7-15/h3-9,12-13,16,18H,10-11H2,1-2H3. The summed E-state index contributed by atoms with van der Waals surface area (Å²) in [6, 6.07) is 10.4. The van der Waals surface area contributed by atoms with E-state index < -0.39 is 0 Å². The van der Waals surface area contributed by atoms with Gasteiger partial charge < -0.3 is 14.6 Å². The van der Waals surface area contributed by atoms with E-state index in [4.69, 9.17) is 4.74 Å². The number of aromatic nitrogens is 2. The zero-order chi connectivity index (χ0) is 15.1. The minimum atomic E-state index is -0.255. The molecule has 0 bridgehead atoms. The molecule has 1 aromatic heterocycles. The number of hydrogen-bond donors (Lipinski definition) is 1. The molecule has 112 valence electrons. The van der Waals surface area contributed by atoms with Crippen LogP contribution in [0.3, 0.4) is 0 Å². The fourth-order valence-corrected chi connectivity index (χ4v) is 2.18. The fraction of sp³-hybridized carbons (Fsp3) is 0.375. The van der Waals surface area contributed by atoms with E-state index in [1.165, 1.54) is 12.5 Å². The predicted octanol–water partition coefficient (Wildman–Crippen LogP) is 2.17. The van der Waals surface area contributed by atoms with Gasteiger partial charge in [0.25, 0.3) is 0 Å². The Morgan fingerprint density at radius 3 is 2.76 bits per heavy atom.